The zero-order valence-electron chi connectivity index (χ0n) is 12.3. The Bertz CT molecular complexity index is 579. The van der Waals surface area contributed by atoms with Crippen molar-refractivity contribution in [3.8, 4) is 0 Å². The number of benzene rings is 1. The van der Waals surface area contributed by atoms with Crippen LogP contribution in [0.3, 0.4) is 0 Å². The van der Waals surface area contributed by atoms with E-state index in [0.717, 1.165) is 29.4 Å². The Kier molecular flexibility index (Phi) is 4.61. The molecule has 0 spiro atoms. The molecule has 0 bridgehead atoms. The second-order valence-corrected chi connectivity index (χ2v) is 6.38. The van der Waals surface area contributed by atoms with Crippen molar-refractivity contribution in [3.05, 3.63) is 52.4 Å². The number of rotatable bonds is 5. The summed E-state index contributed by atoms with van der Waals surface area (Å²) in [4.78, 5) is 0. The van der Waals surface area contributed by atoms with Gasteiger partial charge in [-0.1, -0.05) is 35.3 Å². The molecule has 0 unspecified atom stereocenters. The maximum absolute atomic E-state index is 5.92. The fraction of sp³-hybridized carbons (Fsp3) is 0.471. The van der Waals surface area contributed by atoms with Crippen LogP contribution in [-0.4, -0.2) is 11.2 Å². The quantitative estimate of drug-likeness (QED) is 0.902. The van der Waals surface area contributed by atoms with E-state index in [1.165, 1.54) is 24.8 Å². The molecule has 1 aromatic heterocycles. The molecule has 1 saturated carbocycles. The first-order valence-corrected chi connectivity index (χ1v) is 7.98. The van der Waals surface area contributed by atoms with Crippen molar-refractivity contribution < 1.29 is 4.52 Å². The second-order valence-electron chi connectivity index (χ2n) is 5.94. The van der Waals surface area contributed by atoms with Crippen LogP contribution in [0.1, 0.15) is 36.3 Å². The average Bonchev–Trinajstić information content (AvgIpc) is 3.08. The van der Waals surface area contributed by atoms with Gasteiger partial charge in [0.25, 0.3) is 0 Å². The highest BCUT2D eigenvalue weighted by Gasteiger charge is 2.27. The average molecular weight is 305 g/mol. The van der Waals surface area contributed by atoms with Gasteiger partial charge in [0.1, 0.15) is 5.76 Å². The molecule has 0 radical (unpaired) electrons. The maximum Gasteiger partial charge on any atom is 0.137 e. The van der Waals surface area contributed by atoms with Gasteiger partial charge in [-0.05, 0) is 43.4 Å². The third-order valence-electron chi connectivity index (χ3n) is 4.28. The van der Waals surface area contributed by atoms with E-state index < -0.39 is 0 Å². The van der Waals surface area contributed by atoms with Gasteiger partial charge in [0, 0.05) is 30.1 Å². The van der Waals surface area contributed by atoms with Crippen LogP contribution < -0.4 is 5.32 Å². The number of aromatic nitrogens is 1. The summed E-state index contributed by atoms with van der Waals surface area (Å²) in [6.07, 6.45) is 4.78. The lowest BCUT2D eigenvalue weighted by Gasteiger charge is -2.20. The van der Waals surface area contributed by atoms with Crippen molar-refractivity contribution in [2.75, 3.05) is 0 Å². The van der Waals surface area contributed by atoms with Gasteiger partial charge in [-0.3, -0.25) is 0 Å². The minimum atomic E-state index is 0.561. The number of hydrogen-bond acceptors (Lipinski definition) is 3. The highest BCUT2D eigenvalue weighted by molar-refractivity contribution is 6.30. The van der Waals surface area contributed by atoms with Crippen LogP contribution in [-0.2, 0) is 13.0 Å². The van der Waals surface area contributed by atoms with Crippen LogP contribution in [0.25, 0.3) is 0 Å². The molecular formula is C17H21ClN2O. The van der Waals surface area contributed by atoms with E-state index in [9.17, 15) is 0 Å². The number of hydrogen-bond donors (Lipinski definition) is 1. The van der Waals surface area contributed by atoms with Crippen LogP contribution in [0, 0.1) is 12.8 Å². The van der Waals surface area contributed by atoms with Crippen LogP contribution in [0.15, 0.2) is 34.9 Å². The Morgan fingerprint density at radius 3 is 2.81 bits per heavy atom. The topological polar surface area (TPSA) is 38.1 Å². The Morgan fingerprint density at radius 2 is 2.10 bits per heavy atom. The van der Waals surface area contributed by atoms with Crippen molar-refractivity contribution in [1.29, 1.82) is 0 Å². The van der Waals surface area contributed by atoms with Crippen molar-refractivity contribution >= 4 is 11.6 Å². The molecule has 0 amide bonds. The normalized spacial score (nSPS) is 21.8. The van der Waals surface area contributed by atoms with Crippen LogP contribution in [0.2, 0.25) is 5.02 Å². The fourth-order valence-corrected chi connectivity index (χ4v) is 3.30. The number of aryl methyl sites for hydroxylation is 1. The zero-order chi connectivity index (χ0) is 14.7. The molecule has 3 nitrogen and oxygen atoms in total. The Morgan fingerprint density at radius 1 is 1.29 bits per heavy atom. The smallest absolute Gasteiger partial charge is 0.137 e. The molecule has 2 atom stereocenters. The van der Waals surface area contributed by atoms with E-state index in [1.54, 1.807) is 0 Å². The van der Waals surface area contributed by atoms with Gasteiger partial charge in [-0.25, -0.2) is 0 Å². The van der Waals surface area contributed by atoms with Gasteiger partial charge >= 0.3 is 0 Å². The molecule has 1 N–H and O–H groups in total. The first-order valence-electron chi connectivity index (χ1n) is 7.61. The van der Waals surface area contributed by atoms with Gasteiger partial charge in [0.15, 0.2) is 0 Å². The molecule has 3 rings (SSSR count). The van der Waals surface area contributed by atoms with E-state index >= 15 is 0 Å². The predicted octanol–water partition coefficient (Wildman–Crippen LogP) is 4.14. The Hall–Kier alpha value is -1.32. The molecule has 1 heterocycles. The predicted molar refractivity (Wildman–Crippen MR) is 84.4 cm³/mol. The molecule has 4 heteroatoms. The molecule has 21 heavy (non-hydrogen) atoms. The minimum Gasteiger partial charge on any atom is -0.361 e. The first kappa shape index (κ1) is 14.6. The highest BCUT2D eigenvalue weighted by atomic mass is 35.5. The largest absolute Gasteiger partial charge is 0.361 e. The summed E-state index contributed by atoms with van der Waals surface area (Å²) in [6, 6.07) is 10.7. The van der Waals surface area contributed by atoms with E-state index in [0.29, 0.717) is 12.0 Å². The molecule has 0 saturated heterocycles. The molecule has 1 aliphatic rings. The van der Waals surface area contributed by atoms with Crippen molar-refractivity contribution in [2.24, 2.45) is 5.92 Å². The van der Waals surface area contributed by atoms with Crippen molar-refractivity contribution in [3.63, 3.8) is 0 Å². The third kappa shape index (κ3) is 3.86. The summed E-state index contributed by atoms with van der Waals surface area (Å²) in [5.74, 6) is 1.65. The van der Waals surface area contributed by atoms with Crippen LogP contribution in [0.5, 0.6) is 0 Å². The summed E-state index contributed by atoms with van der Waals surface area (Å²) in [6.45, 7) is 2.87. The lowest BCUT2D eigenvalue weighted by molar-refractivity contribution is 0.329. The molecule has 1 fully saturated rings. The lowest BCUT2D eigenvalue weighted by Crippen LogP contribution is -2.32. The Labute approximate surface area is 130 Å². The number of halogens is 1. The molecule has 0 aliphatic heterocycles. The third-order valence-corrected chi connectivity index (χ3v) is 4.53. The van der Waals surface area contributed by atoms with Gasteiger partial charge < -0.3 is 9.84 Å². The zero-order valence-corrected chi connectivity index (χ0v) is 13.1. The summed E-state index contributed by atoms with van der Waals surface area (Å²) >= 11 is 5.92. The molecule has 112 valence electrons. The molecule has 2 aromatic rings. The monoisotopic (exact) mass is 304 g/mol. The Balaban J connectivity index is 1.55. The van der Waals surface area contributed by atoms with Crippen molar-refractivity contribution in [2.45, 2.75) is 45.2 Å². The summed E-state index contributed by atoms with van der Waals surface area (Å²) in [7, 11) is 0. The van der Waals surface area contributed by atoms with E-state index in [1.807, 2.05) is 19.1 Å². The second kappa shape index (κ2) is 6.63. The molecule has 1 aliphatic carbocycles. The van der Waals surface area contributed by atoms with Crippen LogP contribution >= 0.6 is 11.6 Å². The maximum atomic E-state index is 5.92. The van der Waals surface area contributed by atoms with Crippen molar-refractivity contribution in [1.82, 2.24) is 10.5 Å². The van der Waals surface area contributed by atoms with E-state index in [4.69, 9.17) is 16.1 Å². The van der Waals surface area contributed by atoms with Crippen LogP contribution in [0.4, 0.5) is 0 Å². The van der Waals surface area contributed by atoms with Gasteiger partial charge in [0.2, 0.25) is 0 Å². The summed E-state index contributed by atoms with van der Waals surface area (Å²) in [5.41, 5.74) is 2.24. The SMILES string of the molecule is Cc1cc(C[C@@H]2CCC[C@H]2NCc2ccc(Cl)cc2)on1. The highest BCUT2D eigenvalue weighted by Crippen LogP contribution is 2.29. The van der Waals surface area contributed by atoms with Gasteiger partial charge in [-0.2, -0.15) is 0 Å². The molecule has 1 aromatic carbocycles. The molecular weight excluding hydrogens is 284 g/mol. The van der Waals surface area contributed by atoms with E-state index in [2.05, 4.69) is 28.7 Å². The standard InChI is InChI=1S/C17H21ClN2O/c1-12-9-16(21-20-12)10-14-3-2-4-17(14)19-11-13-5-7-15(18)8-6-13/h5-9,14,17,19H,2-4,10-11H2,1H3/t14-,17+/m0/s1. The van der Waals surface area contributed by atoms with E-state index in [-0.39, 0.29) is 0 Å². The summed E-state index contributed by atoms with van der Waals surface area (Å²) in [5, 5.41) is 8.46. The minimum absolute atomic E-state index is 0.561. The fourth-order valence-electron chi connectivity index (χ4n) is 3.17. The van der Waals surface area contributed by atoms with Gasteiger partial charge in [0.05, 0.1) is 5.69 Å². The lowest BCUT2D eigenvalue weighted by atomic mass is 9.97. The summed E-state index contributed by atoms with van der Waals surface area (Å²) < 4.78 is 5.36. The first-order chi connectivity index (χ1) is 10.2. The number of nitrogens with one attached hydrogen (secondary N) is 1. The van der Waals surface area contributed by atoms with Gasteiger partial charge in [-0.15, -0.1) is 0 Å². The number of nitrogens with zero attached hydrogens (tertiary/aromatic N) is 1.